The summed E-state index contributed by atoms with van der Waals surface area (Å²) in [5.74, 6) is 3.44. The highest BCUT2D eigenvalue weighted by Crippen LogP contribution is 2.23. The van der Waals surface area contributed by atoms with E-state index in [-0.39, 0.29) is 0 Å². The maximum Gasteiger partial charge on any atom is 0.159 e. The van der Waals surface area contributed by atoms with E-state index in [1.165, 1.54) is 0 Å². The van der Waals surface area contributed by atoms with Crippen LogP contribution in [0.15, 0.2) is 48.8 Å². The quantitative estimate of drug-likeness (QED) is 0.535. The molecule has 29 heavy (non-hydrogen) atoms. The first-order valence-electron chi connectivity index (χ1n) is 9.76. The number of hydrogen-bond donors (Lipinski definition) is 0. The molecule has 1 aliphatic heterocycles. The lowest BCUT2D eigenvalue weighted by Crippen LogP contribution is -2.47. The minimum atomic E-state index is 0.742. The molecule has 3 aromatic heterocycles. The van der Waals surface area contributed by atoms with Gasteiger partial charge in [-0.1, -0.05) is 12.1 Å². The fourth-order valence-corrected chi connectivity index (χ4v) is 3.75. The number of fused-ring (bicyclic) bond motifs is 1. The molecule has 0 radical (unpaired) electrons. The Morgan fingerprint density at radius 2 is 1.45 bits per heavy atom. The second-order valence-electron chi connectivity index (χ2n) is 7.18. The Labute approximate surface area is 168 Å². The second kappa shape index (κ2) is 7.12. The van der Waals surface area contributed by atoms with Crippen molar-refractivity contribution in [1.29, 1.82) is 0 Å². The Morgan fingerprint density at radius 3 is 2.17 bits per heavy atom. The predicted molar refractivity (Wildman–Crippen MR) is 113 cm³/mol. The number of aromatic nitrogens is 6. The minimum Gasteiger partial charge on any atom is -0.353 e. The number of piperazine rings is 1. The maximum atomic E-state index is 4.87. The molecule has 1 fully saturated rings. The zero-order valence-electron chi connectivity index (χ0n) is 16.5. The molecule has 0 unspecified atom stereocenters. The molecule has 0 atom stereocenters. The molecule has 4 aromatic rings. The van der Waals surface area contributed by atoms with E-state index in [1.54, 1.807) is 10.9 Å². The summed E-state index contributed by atoms with van der Waals surface area (Å²) in [6, 6.07) is 11.9. The van der Waals surface area contributed by atoms with Gasteiger partial charge < -0.3 is 9.80 Å². The first-order valence-corrected chi connectivity index (χ1v) is 9.76. The van der Waals surface area contributed by atoms with Crippen molar-refractivity contribution in [1.82, 2.24) is 29.7 Å². The average molecular weight is 386 g/mol. The normalized spacial score (nSPS) is 14.6. The highest BCUT2D eigenvalue weighted by Gasteiger charge is 2.22. The molecule has 5 rings (SSSR count). The molecule has 0 saturated carbocycles. The molecular weight excluding hydrogens is 364 g/mol. The van der Waals surface area contributed by atoms with Gasteiger partial charge >= 0.3 is 0 Å². The molecule has 8 heteroatoms. The van der Waals surface area contributed by atoms with E-state index in [1.807, 2.05) is 56.4 Å². The van der Waals surface area contributed by atoms with Gasteiger partial charge in [0.05, 0.1) is 16.7 Å². The fraction of sp³-hybridized carbons (Fsp3) is 0.286. The Balaban J connectivity index is 1.36. The van der Waals surface area contributed by atoms with Crippen LogP contribution in [0.3, 0.4) is 0 Å². The van der Waals surface area contributed by atoms with E-state index >= 15 is 0 Å². The Hall–Kier alpha value is -3.55. The van der Waals surface area contributed by atoms with E-state index in [2.05, 4.69) is 24.9 Å². The summed E-state index contributed by atoms with van der Waals surface area (Å²) in [5, 5.41) is 4.28. The fourth-order valence-electron chi connectivity index (χ4n) is 3.75. The van der Waals surface area contributed by atoms with E-state index in [0.29, 0.717) is 0 Å². The third kappa shape index (κ3) is 3.37. The number of nitrogens with zero attached hydrogens (tertiary/aromatic N) is 8. The highest BCUT2D eigenvalue weighted by atomic mass is 15.3. The number of anilines is 2. The summed E-state index contributed by atoms with van der Waals surface area (Å²) in [5.41, 5.74) is 2.84. The van der Waals surface area contributed by atoms with Crippen molar-refractivity contribution in [2.45, 2.75) is 13.8 Å². The molecule has 0 N–H and O–H groups in total. The lowest BCUT2D eigenvalue weighted by atomic mass is 10.2. The van der Waals surface area contributed by atoms with Crippen molar-refractivity contribution in [3.8, 4) is 5.82 Å². The summed E-state index contributed by atoms with van der Waals surface area (Å²) in [7, 11) is 0. The smallest absolute Gasteiger partial charge is 0.159 e. The molecular formula is C21H22N8. The van der Waals surface area contributed by atoms with Crippen LogP contribution in [0.5, 0.6) is 0 Å². The predicted octanol–water partition coefficient (Wildman–Crippen LogP) is 2.55. The van der Waals surface area contributed by atoms with Gasteiger partial charge in [0, 0.05) is 44.6 Å². The minimum absolute atomic E-state index is 0.742. The van der Waals surface area contributed by atoms with Crippen LogP contribution in [0.4, 0.5) is 11.6 Å². The van der Waals surface area contributed by atoms with Crippen LogP contribution < -0.4 is 9.80 Å². The molecule has 146 valence electrons. The maximum absolute atomic E-state index is 4.87. The average Bonchev–Trinajstić information content (AvgIpc) is 3.28. The van der Waals surface area contributed by atoms with Crippen LogP contribution in [-0.2, 0) is 0 Å². The molecule has 4 heterocycles. The van der Waals surface area contributed by atoms with Gasteiger partial charge in [0.1, 0.15) is 11.6 Å². The zero-order valence-corrected chi connectivity index (χ0v) is 16.5. The number of aryl methyl sites for hydroxylation is 2. The monoisotopic (exact) mass is 386 g/mol. The first kappa shape index (κ1) is 17.5. The molecule has 0 aliphatic carbocycles. The largest absolute Gasteiger partial charge is 0.353 e. The van der Waals surface area contributed by atoms with Gasteiger partial charge in [-0.25, -0.2) is 24.6 Å². The van der Waals surface area contributed by atoms with Gasteiger partial charge in [-0.2, -0.15) is 5.10 Å². The highest BCUT2D eigenvalue weighted by molar-refractivity contribution is 5.76. The molecule has 1 aromatic carbocycles. The van der Waals surface area contributed by atoms with E-state index in [4.69, 9.17) is 9.97 Å². The molecule has 8 nitrogen and oxygen atoms in total. The summed E-state index contributed by atoms with van der Waals surface area (Å²) >= 11 is 0. The molecule has 1 aliphatic rings. The molecule has 0 spiro atoms. The standard InChI is InChI=1S/C21H22N8/c1-15-21(26-18-7-4-3-6-17(18)23-15)28-12-10-27(11-13-28)19-14-20(25-16(2)24-19)29-9-5-8-22-29/h3-9,14H,10-13H2,1-2H3. The summed E-state index contributed by atoms with van der Waals surface area (Å²) in [6.45, 7) is 7.42. The van der Waals surface area contributed by atoms with Crippen LogP contribution in [0, 0.1) is 13.8 Å². The van der Waals surface area contributed by atoms with Gasteiger partial charge in [-0.3, -0.25) is 0 Å². The van der Waals surface area contributed by atoms with Crippen LogP contribution in [-0.4, -0.2) is 55.9 Å². The van der Waals surface area contributed by atoms with Gasteiger partial charge in [0.2, 0.25) is 0 Å². The van der Waals surface area contributed by atoms with Crippen molar-refractivity contribution in [2.24, 2.45) is 0 Å². The van der Waals surface area contributed by atoms with Crippen LogP contribution >= 0.6 is 0 Å². The summed E-state index contributed by atoms with van der Waals surface area (Å²) in [6.07, 6.45) is 3.65. The summed E-state index contributed by atoms with van der Waals surface area (Å²) in [4.78, 5) is 23.4. The molecule has 0 bridgehead atoms. The van der Waals surface area contributed by atoms with E-state index in [9.17, 15) is 0 Å². The SMILES string of the molecule is Cc1nc(N2CCN(c3nc4ccccc4nc3C)CC2)cc(-n2cccn2)n1. The Kier molecular flexibility index (Phi) is 4.31. The number of rotatable bonds is 3. The van der Waals surface area contributed by atoms with Gasteiger partial charge in [-0.05, 0) is 32.0 Å². The number of para-hydroxylation sites is 2. The lowest BCUT2D eigenvalue weighted by Gasteiger charge is -2.36. The Bertz CT molecular complexity index is 1150. The third-order valence-corrected chi connectivity index (χ3v) is 5.17. The van der Waals surface area contributed by atoms with Crippen LogP contribution in [0.1, 0.15) is 11.5 Å². The number of hydrogen-bond acceptors (Lipinski definition) is 7. The van der Waals surface area contributed by atoms with Crippen molar-refractivity contribution >= 4 is 22.7 Å². The van der Waals surface area contributed by atoms with Crippen LogP contribution in [0.25, 0.3) is 16.9 Å². The molecule has 1 saturated heterocycles. The number of benzene rings is 1. The third-order valence-electron chi connectivity index (χ3n) is 5.17. The van der Waals surface area contributed by atoms with Crippen molar-refractivity contribution in [3.63, 3.8) is 0 Å². The lowest BCUT2D eigenvalue weighted by molar-refractivity contribution is 0.637. The second-order valence-corrected chi connectivity index (χ2v) is 7.18. The van der Waals surface area contributed by atoms with E-state index in [0.717, 1.165) is 66.2 Å². The topological polar surface area (TPSA) is 75.9 Å². The van der Waals surface area contributed by atoms with Crippen molar-refractivity contribution < 1.29 is 0 Å². The Morgan fingerprint density at radius 1 is 0.759 bits per heavy atom. The van der Waals surface area contributed by atoms with E-state index < -0.39 is 0 Å². The van der Waals surface area contributed by atoms with Crippen LogP contribution in [0.2, 0.25) is 0 Å². The zero-order chi connectivity index (χ0) is 19.8. The van der Waals surface area contributed by atoms with Crippen molar-refractivity contribution in [3.05, 3.63) is 60.3 Å². The first-order chi connectivity index (χ1) is 14.2. The molecule has 0 amide bonds. The van der Waals surface area contributed by atoms with Gasteiger partial charge in [-0.15, -0.1) is 0 Å². The van der Waals surface area contributed by atoms with Gasteiger partial charge in [0.15, 0.2) is 11.6 Å². The van der Waals surface area contributed by atoms with Gasteiger partial charge in [0.25, 0.3) is 0 Å². The van der Waals surface area contributed by atoms with Crippen molar-refractivity contribution in [2.75, 3.05) is 36.0 Å². The summed E-state index contributed by atoms with van der Waals surface area (Å²) < 4.78 is 1.77.